The Morgan fingerprint density at radius 3 is 2.75 bits per heavy atom. The molecule has 4 rings (SSSR count). The van der Waals surface area contributed by atoms with Crippen LogP contribution in [-0.4, -0.2) is 14.8 Å². The number of fused-ring (bicyclic) bond motifs is 4. The van der Waals surface area contributed by atoms with Crippen molar-refractivity contribution in [1.29, 1.82) is 0 Å². The number of aryl methyl sites for hydroxylation is 2. The highest BCUT2D eigenvalue weighted by Crippen LogP contribution is 2.31. The van der Waals surface area contributed by atoms with Gasteiger partial charge in [-0.05, 0) is 24.6 Å². The lowest BCUT2D eigenvalue weighted by atomic mass is 10.0. The van der Waals surface area contributed by atoms with E-state index in [1.165, 1.54) is 4.68 Å². The smallest absolute Gasteiger partial charge is 0.272 e. The zero-order chi connectivity index (χ0) is 13.9. The van der Waals surface area contributed by atoms with E-state index in [0.29, 0.717) is 0 Å². The molecule has 4 heteroatoms. The molecule has 0 atom stereocenters. The molecule has 0 spiro atoms. The molecule has 2 aromatic carbocycles. The number of aromatic amines is 1. The van der Waals surface area contributed by atoms with Crippen LogP contribution in [-0.2, 0) is 7.05 Å². The molecule has 0 amide bonds. The Kier molecular flexibility index (Phi) is 2.07. The summed E-state index contributed by atoms with van der Waals surface area (Å²) in [4.78, 5) is 17.0. The van der Waals surface area contributed by atoms with E-state index in [1.54, 1.807) is 7.05 Å². The lowest BCUT2D eigenvalue weighted by molar-refractivity contribution is 0.718. The number of H-pyrrole nitrogens is 1. The van der Waals surface area contributed by atoms with Crippen LogP contribution in [0.15, 0.2) is 41.3 Å². The highest BCUT2D eigenvalue weighted by atomic mass is 16.1. The molecule has 4 nitrogen and oxygen atoms in total. The number of hydrogen-bond donors (Lipinski definition) is 1. The summed E-state index contributed by atoms with van der Waals surface area (Å²) in [6.07, 6.45) is 1.87. The highest BCUT2D eigenvalue weighted by Gasteiger charge is 2.12. The van der Waals surface area contributed by atoms with Gasteiger partial charge in [-0.3, -0.25) is 9.48 Å². The van der Waals surface area contributed by atoms with Gasteiger partial charge in [-0.15, -0.1) is 0 Å². The van der Waals surface area contributed by atoms with Crippen LogP contribution in [0.1, 0.15) is 5.56 Å². The van der Waals surface area contributed by atoms with Crippen molar-refractivity contribution in [2.24, 2.45) is 7.05 Å². The first kappa shape index (κ1) is 11.2. The molecule has 2 aromatic heterocycles. The Labute approximate surface area is 114 Å². The van der Waals surface area contributed by atoms with Crippen molar-refractivity contribution in [2.45, 2.75) is 6.92 Å². The van der Waals surface area contributed by atoms with Gasteiger partial charge in [0.15, 0.2) is 0 Å². The summed E-state index contributed by atoms with van der Waals surface area (Å²) in [5.74, 6) is 0. The van der Waals surface area contributed by atoms with E-state index in [4.69, 9.17) is 4.98 Å². The molecule has 0 bridgehead atoms. The second-order valence-electron chi connectivity index (χ2n) is 5.13. The molecule has 0 unspecified atom stereocenters. The van der Waals surface area contributed by atoms with Gasteiger partial charge in [0.2, 0.25) is 0 Å². The number of nitrogens with one attached hydrogen (secondary N) is 1. The summed E-state index contributed by atoms with van der Waals surface area (Å²) >= 11 is 0. The van der Waals surface area contributed by atoms with Gasteiger partial charge in [0, 0.05) is 29.4 Å². The molecule has 1 N–H and O–H groups in total. The molecular formula is C16H13N3O. The summed E-state index contributed by atoms with van der Waals surface area (Å²) in [6.45, 7) is 2.02. The molecule has 2 heterocycles. The fraction of sp³-hybridized carbons (Fsp3) is 0.125. The Morgan fingerprint density at radius 2 is 1.90 bits per heavy atom. The summed E-state index contributed by atoms with van der Waals surface area (Å²) in [5, 5.41) is 6.77. The maximum atomic E-state index is 12.3. The minimum Gasteiger partial charge on any atom is -0.303 e. The van der Waals surface area contributed by atoms with Crippen LogP contribution >= 0.6 is 0 Å². The van der Waals surface area contributed by atoms with Crippen LogP contribution in [0.4, 0.5) is 0 Å². The van der Waals surface area contributed by atoms with Gasteiger partial charge in [-0.1, -0.05) is 18.2 Å². The summed E-state index contributed by atoms with van der Waals surface area (Å²) in [5.41, 5.74) is 2.97. The summed E-state index contributed by atoms with van der Waals surface area (Å²) < 4.78 is 1.49. The van der Waals surface area contributed by atoms with E-state index in [2.05, 4.69) is 11.2 Å². The van der Waals surface area contributed by atoms with Crippen LogP contribution in [0, 0.1) is 6.92 Å². The van der Waals surface area contributed by atoms with Crippen molar-refractivity contribution < 1.29 is 0 Å². The molecule has 98 valence electrons. The predicted octanol–water partition coefficient (Wildman–Crippen LogP) is 2.88. The third-order valence-electron chi connectivity index (χ3n) is 3.96. The normalized spacial score (nSPS) is 11.7. The van der Waals surface area contributed by atoms with Crippen molar-refractivity contribution in [3.63, 3.8) is 0 Å². The lowest BCUT2D eigenvalue weighted by Gasteiger charge is -2.05. The molecule has 0 radical (unpaired) electrons. The van der Waals surface area contributed by atoms with E-state index < -0.39 is 0 Å². The Balaban J connectivity index is 2.35. The molecule has 0 saturated heterocycles. The number of nitrogens with zero attached hydrogens (tertiary/aromatic N) is 2. The van der Waals surface area contributed by atoms with Crippen molar-refractivity contribution in [1.82, 2.24) is 14.8 Å². The van der Waals surface area contributed by atoms with Crippen LogP contribution in [0.2, 0.25) is 0 Å². The number of benzene rings is 2. The molecule has 0 aliphatic heterocycles. The van der Waals surface area contributed by atoms with Gasteiger partial charge in [0.25, 0.3) is 5.56 Å². The number of hydrogen-bond acceptors (Lipinski definition) is 2. The minimum atomic E-state index is -0.0159. The lowest BCUT2D eigenvalue weighted by Crippen LogP contribution is -2.19. The van der Waals surface area contributed by atoms with Gasteiger partial charge in [-0.25, -0.2) is 4.98 Å². The van der Waals surface area contributed by atoms with Crippen molar-refractivity contribution >= 4 is 32.6 Å². The first-order valence-electron chi connectivity index (χ1n) is 6.53. The molecule has 0 fully saturated rings. The standard InChI is InChI=1S/C16H13N3O/c1-9-13-8-17-19(2)16(20)12(13)7-11-10-5-3-4-6-14(10)18-15(9)11/h3-8,17H,1-2H3. The van der Waals surface area contributed by atoms with Gasteiger partial charge < -0.3 is 5.10 Å². The molecule has 0 saturated carbocycles. The van der Waals surface area contributed by atoms with E-state index in [1.807, 2.05) is 37.4 Å². The van der Waals surface area contributed by atoms with Crippen LogP contribution in [0.3, 0.4) is 0 Å². The Hall–Kier alpha value is -2.62. The van der Waals surface area contributed by atoms with E-state index >= 15 is 0 Å². The minimum absolute atomic E-state index is 0.0159. The fourth-order valence-corrected chi connectivity index (χ4v) is 2.85. The zero-order valence-corrected chi connectivity index (χ0v) is 11.3. The molecule has 0 aliphatic rings. The number of para-hydroxylation sites is 1. The fourth-order valence-electron chi connectivity index (χ4n) is 2.85. The summed E-state index contributed by atoms with van der Waals surface area (Å²) in [7, 11) is 1.72. The molecule has 4 aromatic rings. The van der Waals surface area contributed by atoms with Crippen molar-refractivity contribution in [3.8, 4) is 0 Å². The topological polar surface area (TPSA) is 50.7 Å². The third kappa shape index (κ3) is 1.30. The SMILES string of the molecule is Cc1c2c[nH]n(C)c(=O)c2cc2c1nc1ccccc12. The van der Waals surface area contributed by atoms with Crippen LogP contribution in [0.5, 0.6) is 0 Å². The quantitative estimate of drug-likeness (QED) is 0.530. The average molecular weight is 263 g/mol. The number of aromatic nitrogens is 3. The van der Waals surface area contributed by atoms with Crippen LogP contribution in [0.25, 0.3) is 32.6 Å². The molecule has 20 heavy (non-hydrogen) atoms. The van der Waals surface area contributed by atoms with Crippen molar-refractivity contribution in [2.75, 3.05) is 0 Å². The summed E-state index contributed by atoms with van der Waals surface area (Å²) in [6, 6.07) is 10.00. The van der Waals surface area contributed by atoms with E-state index in [9.17, 15) is 4.79 Å². The van der Waals surface area contributed by atoms with E-state index in [-0.39, 0.29) is 5.56 Å². The molecule has 0 aliphatic carbocycles. The maximum absolute atomic E-state index is 12.3. The second-order valence-corrected chi connectivity index (χ2v) is 5.13. The van der Waals surface area contributed by atoms with Crippen molar-refractivity contribution in [3.05, 3.63) is 52.4 Å². The van der Waals surface area contributed by atoms with Crippen LogP contribution < -0.4 is 5.56 Å². The first-order chi connectivity index (χ1) is 9.66. The number of rotatable bonds is 0. The third-order valence-corrected chi connectivity index (χ3v) is 3.96. The van der Waals surface area contributed by atoms with Gasteiger partial charge in [0.1, 0.15) is 0 Å². The van der Waals surface area contributed by atoms with Gasteiger partial charge in [-0.2, -0.15) is 0 Å². The Morgan fingerprint density at radius 1 is 1.10 bits per heavy atom. The monoisotopic (exact) mass is 263 g/mol. The largest absolute Gasteiger partial charge is 0.303 e. The molecular weight excluding hydrogens is 250 g/mol. The second kappa shape index (κ2) is 3.70. The Bertz CT molecular complexity index is 1040. The van der Waals surface area contributed by atoms with Gasteiger partial charge in [0.05, 0.1) is 16.4 Å². The highest BCUT2D eigenvalue weighted by molar-refractivity contribution is 6.13. The van der Waals surface area contributed by atoms with Gasteiger partial charge >= 0.3 is 0 Å². The van der Waals surface area contributed by atoms with E-state index in [0.717, 1.165) is 38.1 Å². The predicted molar refractivity (Wildman–Crippen MR) is 81.1 cm³/mol. The first-order valence-corrected chi connectivity index (χ1v) is 6.53. The average Bonchev–Trinajstić information content (AvgIpc) is 2.83. The zero-order valence-electron chi connectivity index (χ0n) is 11.3. The maximum Gasteiger partial charge on any atom is 0.272 e.